The Balaban J connectivity index is 2.41. The predicted octanol–water partition coefficient (Wildman–Crippen LogP) is 2.80. The summed E-state index contributed by atoms with van der Waals surface area (Å²) in [7, 11) is 1.41. The number of rotatable bonds is 3. The minimum atomic E-state index is -3.87. The summed E-state index contributed by atoms with van der Waals surface area (Å²) in [6, 6.07) is 11.6. The monoisotopic (exact) mass is 269 g/mol. The Morgan fingerprint density at radius 2 is 1.76 bits per heavy atom. The molecule has 4 nitrogen and oxygen atoms in total. The van der Waals surface area contributed by atoms with E-state index in [4.69, 9.17) is 15.4 Å². The summed E-state index contributed by atoms with van der Waals surface area (Å²) >= 11 is 0. The molecule has 1 aromatic carbocycles. The minimum Gasteiger partial charge on any atom is -0.438 e. The number of hydrogen-bond acceptors (Lipinski definition) is 4. The number of para-hydroxylation sites is 1. The van der Waals surface area contributed by atoms with Gasteiger partial charge in [0.2, 0.25) is 5.88 Å². The third-order valence-corrected chi connectivity index (χ3v) is 3.29. The smallest absolute Gasteiger partial charge is 0.266 e. The highest BCUT2D eigenvalue weighted by Crippen LogP contribution is 2.28. The van der Waals surface area contributed by atoms with Gasteiger partial charge in [-0.05, 0) is 24.3 Å². The lowest BCUT2D eigenvalue weighted by Gasteiger charge is -2.06. The van der Waals surface area contributed by atoms with Gasteiger partial charge in [-0.2, -0.15) is 0 Å². The Labute approximate surface area is 103 Å². The standard InChI is InChI=1S/C11H8ClNO3S/c12-17(14,15)10-7-4-8-13-11(10)16-9-5-2-1-3-6-9/h1-8H. The Morgan fingerprint density at radius 3 is 2.41 bits per heavy atom. The van der Waals surface area contributed by atoms with Crippen molar-refractivity contribution in [1.82, 2.24) is 4.98 Å². The molecule has 0 aliphatic heterocycles. The van der Waals surface area contributed by atoms with Crippen LogP contribution in [0.25, 0.3) is 0 Å². The van der Waals surface area contributed by atoms with Gasteiger partial charge in [0.15, 0.2) is 0 Å². The second-order valence-corrected chi connectivity index (χ2v) is 5.69. The molecule has 6 heteroatoms. The van der Waals surface area contributed by atoms with Crippen LogP contribution in [0, 0.1) is 0 Å². The minimum absolute atomic E-state index is 0.0336. The topological polar surface area (TPSA) is 56.3 Å². The van der Waals surface area contributed by atoms with E-state index in [1.54, 1.807) is 24.3 Å². The lowest BCUT2D eigenvalue weighted by Crippen LogP contribution is -1.97. The number of hydrogen-bond donors (Lipinski definition) is 0. The van der Waals surface area contributed by atoms with Gasteiger partial charge in [0.05, 0.1) is 0 Å². The van der Waals surface area contributed by atoms with Gasteiger partial charge in [-0.25, -0.2) is 13.4 Å². The van der Waals surface area contributed by atoms with Crippen molar-refractivity contribution >= 4 is 19.7 Å². The highest BCUT2D eigenvalue weighted by Gasteiger charge is 2.17. The lowest BCUT2D eigenvalue weighted by molar-refractivity contribution is 0.448. The van der Waals surface area contributed by atoms with E-state index in [9.17, 15) is 8.42 Å². The maximum Gasteiger partial charge on any atom is 0.266 e. The van der Waals surface area contributed by atoms with Crippen LogP contribution in [0.2, 0.25) is 0 Å². The summed E-state index contributed by atoms with van der Waals surface area (Å²) in [6.45, 7) is 0. The van der Waals surface area contributed by atoms with Gasteiger partial charge >= 0.3 is 0 Å². The van der Waals surface area contributed by atoms with Gasteiger partial charge in [0.1, 0.15) is 10.6 Å². The summed E-state index contributed by atoms with van der Waals surface area (Å²) in [5.41, 5.74) is 0. The van der Waals surface area contributed by atoms with Gasteiger partial charge in [-0.3, -0.25) is 0 Å². The number of pyridine rings is 1. The van der Waals surface area contributed by atoms with Crippen LogP contribution in [-0.4, -0.2) is 13.4 Å². The van der Waals surface area contributed by atoms with E-state index >= 15 is 0 Å². The third kappa shape index (κ3) is 2.95. The van der Waals surface area contributed by atoms with Crippen LogP contribution in [0.4, 0.5) is 0 Å². The fourth-order valence-electron chi connectivity index (χ4n) is 1.24. The van der Waals surface area contributed by atoms with Crippen molar-refractivity contribution in [2.24, 2.45) is 0 Å². The Bertz CT molecular complexity index is 614. The molecule has 2 aromatic rings. The molecule has 0 fully saturated rings. The molecule has 1 heterocycles. The molecule has 0 bridgehead atoms. The zero-order valence-corrected chi connectivity index (χ0v) is 10.1. The van der Waals surface area contributed by atoms with Crippen molar-refractivity contribution in [3.8, 4) is 11.6 Å². The average molecular weight is 270 g/mol. The summed E-state index contributed by atoms with van der Waals surface area (Å²) in [5.74, 6) is 0.460. The van der Waals surface area contributed by atoms with Crippen molar-refractivity contribution in [2.45, 2.75) is 4.90 Å². The first-order valence-electron chi connectivity index (χ1n) is 4.70. The van der Waals surface area contributed by atoms with Crippen molar-refractivity contribution in [3.63, 3.8) is 0 Å². The Kier molecular flexibility index (Phi) is 3.31. The average Bonchev–Trinajstić information content (AvgIpc) is 2.30. The zero-order chi connectivity index (χ0) is 12.3. The predicted molar refractivity (Wildman–Crippen MR) is 63.8 cm³/mol. The summed E-state index contributed by atoms with van der Waals surface area (Å²) in [4.78, 5) is 3.71. The van der Waals surface area contributed by atoms with Crippen molar-refractivity contribution in [2.75, 3.05) is 0 Å². The van der Waals surface area contributed by atoms with Gasteiger partial charge < -0.3 is 4.74 Å². The van der Waals surface area contributed by atoms with Gasteiger partial charge in [0.25, 0.3) is 9.05 Å². The van der Waals surface area contributed by atoms with Crippen molar-refractivity contribution in [1.29, 1.82) is 0 Å². The maximum atomic E-state index is 11.3. The molecule has 0 amide bonds. The van der Waals surface area contributed by atoms with E-state index in [0.717, 1.165) is 0 Å². The summed E-state index contributed by atoms with van der Waals surface area (Å²) in [5, 5.41) is 0. The number of halogens is 1. The molecular weight excluding hydrogens is 262 g/mol. The number of benzene rings is 1. The number of nitrogens with zero attached hydrogens (tertiary/aromatic N) is 1. The molecule has 88 valence electrons. The van der Waals surface area contributed by atoms with Crippen LogP contribution in [0.5, 0.6) is 11.6 Å². The molecule has 0 radical (unpaired) electrons. The van der Waals surface area contributed by atoms with Crippen LogP contribution >= 0.6 is 10.7 Å². The van der Waals surface area contributed by atoms with E-state index in [0.29, 0.717) is 5.75 Å². The quantitative estimate of drug-likeness (QED) is 0.804. The summed E-state index contributed by atoms with van der Waals surface area (Å²) < 4.78 is 27.9. The maximum absolute atomic E-state index is 11.3. The van der Waals surface area contributed by atoms with Crippen LogP contribution < -0.4 is 4.74 Å². The largest absolute Gasteiger partial charge is 0.438 e. The molecule has 0 N–H and O–H groups in total. The molecule has 0 aliphatic rings. The highest BCUT2D eigenvalue weighted by atomic mass is 35.7. The SMILES string of the molecule is O=S(=O)(Cl)c1cccnc1Oc1ccccc1. The molecule has 0 aliphatic carbocycles. The second kappa shape index (κ2) is 4.73. The van der Waals surface area contributed by atoms with E-state index in [2.05, 4.69) is 4.98 Å². The van der Waals surface area contributed by atoms with E-state index in [1.807, 2.05) is 6.07 Å². The molecule has 2 rings (SSSR count). The first-order chi connectivity index (χ1) is 8.07. The third-order valence-electron chi connectivity index (χ3n) is 1.96. The molecule has 0 atom stereocenters. The zero-order valence-electron chi connectivity index (χ0n) is 8.58. The van der Waals surface area contributed by atoms with E-state index in [-0.39, 0.29) is 10.8 Å². The van der Waals surface area contributed by atoms with Gasteiger partial charge in [-0.15, -0.1) is 0 Å². The summed E-state index contributed by atoms with van der Waals surface area (Å²) in [6.07, 6.45) is 1.43. The van der Waals surface area contributed by atoms with Crippen molar-refractivity contribution < 1.29 is 13.2 Å². The first kappa shape index (κ1) is 11.9. The Hall–Kier alpha value is -1.59. The fourth-order valence-corrected chi connectivity index (χ4v) is 2.13. The van der Waals surface area contributed by atoms with Crippen molar-refractivity contribution in [3.05, 3.63) is 48.7 Å². The first-order valence-corrected chi connectivity index (χ1v) is 7.01. The molecule has 0 saturated carbocycles. The molecule has 0 saturated heterocycles. The van der Waals surface area contributed by atoms with E-state index < -0.39 is 9.05 Å². The molecule has 1 aromatic heterocycles. The lowest BCUT2D eigenvalue weighted by atomic mass is 10.3. The number of ether oxygens (including phenoxy) is 1. The van der Waals surface area contributed by atoms with Crippen LogP contribution in [0.3, 0.4) is 0 Å². The fraction of sp³-hybridized carbons (Fsp3) is 0. The molecular formula is C11H8ClNO3S. The number of aromatic nitrogens is 1. The van der Waals surface area contributed by atoms with Gasteiger partial charge in [0, 0.05) is 16.9 Å². The molecule has 0 spiro atoms. The normalized spacial score (nSPS) is 11.1. The Morgan fingerprint density at radius 1 is 1.06 bits per heavy atom. The van der Waals surface area contributed by atoms with E-state index in [1.165, 1.54) is 18.3 Å². The molecule has 17 heavy (non-hydrogen) atoms. The van der Waals surface area contributed by atoms with Crippen LogP contribution in [0.1, 0.15) is 0 Å². The highest BCUT2D eigenvalue weighted by molar-refractivity contribution is 8.13. The van der Waals surface area contributed by atoms with Crippen LogP contribution in [-0.2, 0) is 9.05 Å². The molecule has 0 unspecified atom stereocenters. The van der Waals surface area contributed by atoms with Crippen LogP contribution in [0.15, 0.2) is 53.6 Å². The van der Waals surface area contributed by atoms with Gasteiger partial charge in [-0.1, -0.05) is 18.2 Å². The second-order valence-electron chi connectivity index (χ2n) is 3.16.